The van der Waals surface area contributed by atoms with Crippen molar-refractivity contribution in [3.63, 3.8) is 0 Å². The quantitative estimate of drug-likeness (QED) is 0.707. The SMILES string of the molecule is CCOC(=O)c1s[c]nc1C(C)(C)C. The first kappa shape index (κ1) is 11.2. The Morgan fingerprint density at radius 2 is 2.21 bits per heavy atom. The molecule has 14 heavy (non-hydrogen) atoms. The monoisotopic (exact) mass is 212 g/mol. The average Bonchev–Trinajstić information content (AvgIpc) is 2.50. The Labute approximate surface area is 88.1 Å². The molecule has 0 spiro atoms. The first-order chi connectivity index (χ1) is 6.46. The molecular weight excluding hydrogens is 198 g/mol. The maximum absolute atomic E-state index is 11.5. The van der Waals surface area contributed by atoms with E-state index in [1.807, 2.05) is 20.8 Å². The van der Waals surface area contributed by atoms with E-state index in [0.717, 1.165) is 5.69 Å². The Kier molecular flexibility index (Phi) is 3.26. The highest BCUT2D eigenvalue weighted by Gasteiger charge is 2.25. The zero-order valence-electron chi connectivity index (χ0n) is 8.88. The van der Waals surface area contributed by atoms with E-state index in [2.05, 4.69) is 10.5 Å². The Bertz CT molecular complexity index is 325. The van der Waals surface area contributed by atoms with Crippen molar-refractivity contribution in [2.24, 2.45) is 0 Å². The predicted octanol–water partition coefficient (Wildman–Crippen LogP) is 2.42. The molecule has 1 heterocycles. The van der Waals surface area contributed by atoms with Crippen LogP contribution in [0.2, 0.25) is 0 Å². The summed E-state index contributed by atoms with van der Waals surface area (Å²) < 4.78 is 4.93. The van der Waals surface area contributed by atoms with Crippen molar-refractivity contribution in [3.8, 4) is 0 Å². The molecule has 0 aliphatic carbocycles. The Morgan fingerprint density at radius 3 is 2.71 bits per heavy atom. The second kappa shape index (κ2) is 4.09. The number of hydrogen-bond donors (Lipinski definition) is 0. The highest BCUT2D eigenvalue weighted by molar-refractivity contribution is 7.11. The number of aromatic nitrogens is 1. The number of ether oxygens (including phenoxy) is 1. The summed E-state index contributed by atoms with van der Waals surface area (Å²) in [5, 5.41) is 0. The molecule has 4 heteroatoms. The fourth-order valence-electron chi connectivity index (χ4n) is 1.06. The molecular formula is C10H14NO2S. The van der Waals surface area contributed by atoms with Gasteiger partial charge in [0.05, 0.1) is 12.3 Å². The van der Waals surface area contributed by atoms with Gasteiger partial charge in [0.2, 0.25) is 0 Å². The van der Waals surface area contributed by atoms with Crippen molar-refractivity contribution < 1.29 is 9.53 Å². The van der Waals surface area contributed by atoms with E-state index in [0.29, 0.717) is 11.5 Å². The molecule has 0 atom stereocenters. The molecule has 0 aromatic carbocycles. The van der Waals surface area contributed by atoms with E-state index in [4.69, 9.17) is 4.74 Å². The third-order valence-corrected chi connectivity index (χ3v) is 2.44. The second-order valence-electron chi connectivity index (χ2n) is 3.95. The fourth-order valence-corrected chi connectivity index (χ4v) is 1.88. The van der Waals surface area contributed by atoms with E-state index in [-0.39, 0.29) is 11.4 Å². The molecule has 0 N–H and O–H groups in total. The largest absolute Gasteiger partial charge is 0.462 e. The maximum atomic E-state index is 11.5. The van der Waals surface area contributed by atoms with Gasteiger partial charge in [0.15, 0.2) is 5.51 Å². The van der Waals surface area contributed by atoms with Crippen LogP contribution in [0.3, 0.4) is 0 Å². The number of nitrogens with zero attached hydrogens (tertiary/aromatic N) is 1. The lowest BCUT2D eigenvalue weighted by Crippen LogP contribution is -2.17. The number of carbonyl (C=O) groups excluding carboxylic acids is 1. The summed E-state index contributed by atoms with van der Waals surface area (Å²) in [7, 11) is 0. The average molecular weight is 212 g/mol. The molecule has 1 radical (unpaired) electrons. The van der Waals surface area contributed by atoms with Gasteiger partial charge in [0, 0.05) is 5.41 Å². The van der Waals surface area contributed by atoms with E-state index < -0.39 is 0 Å². The number of thiazole rings is 1. The van der Waals surface area contributed by atoms with Crippen LogP contribution in [0.15, 0.2) is 0 Å². The van der Waals surface area contributed by atoms with Crippen molar-refractivity contribution >= 4 is 17.3 Å². The molecule has 0 amide bonds. The van der Waals surface area contributed by atoms with Crippen molar-refractivity contribution in [1.82, 2.24) is 4.98 Å². The van der Waals surface area contributed by atoms with Crippen LogP contribution in [0.5, 0.6) is 0 Å². The minimum atomic E-state index is -0.295. The van der Waals surface area contributed by atoms with Crippen LogP contribution in [0, 0.1) is 5.51 Å². The first-order valence-electron chi connectivity index (χ1n) is 4.51. The second-order valence-corrected chi connectivity index (χ2v) is 4.75. The summed E-state index contributed by atoms with van der Waals surface area (Å²) in [5.41, 5.74) is 3.36. The Balaban J connectivity index is 2.99. The minimum absolute atomic E-state index is 0.140. The summed E-state index contributed by atoms with van der Waals surface area (Å²) >= 11 is 1.21. The smallest absolute Gasteiger partial charge is 0.350 e. The van der Waals surface area contributed by atoms with Crippen LogP contribution in [0.4, 0.5) is 0 Å². The van der Waals surface area contributed by atoms with Gasteiger partial charge in [0.1, 0.15) is 4.88 Å². The summed E-state index contributed by atoms with van der Waals surface area (Å²) in [6.07, 6.45) is 0. The molecule has 1 aromatic rings. The molecule has 1 rings (SSSR count). The number of esters is 1. The van der Waals surface area contributed by atoms with Gasteiger partial charge >= 0.3 is 5.97 Å². The fraction of sp³-hybridized carbons (Fsp3) is 0.600. The van der Waals surface area contributed by atoms with Gasteiger partial charge in [-0.15, -0.1) is 11.3 Å². The zero-order valence-corrected chi connectivity index (χ0v) is 9.70. The highest BCUT2D eigenvalue weighted by Crippen LogP contribution is 2.27. The molecule has 0 saturated carbocycles. The van der Waals surface area contributed by atoms with Crippen LogP contribution in [0.25, 0.3) is 0 Å². The van der Waals surface area contributed by atoms with Gasteiger partial charge in [-0.1, -0.05) is 20.8 Å². The minimum Gasteiger partial charge on any atom is -0.462 e. The number of hydrogen-bond acceptors (Lipinski definition) is 4. The molecule has 0 fully saturated rings. The summed E-state index contributed by atoms with van der Waals surface area (Å²) in [6.45, 7) is 8.22. The van der Waals surface area contributed by atoms with Crippen LogP contribution >= 0.6 is 11.3 Å². The van der Waals surface area contributed by atoms with Gasteiger partial charge in [-0.25, -0.2) is 9.78 Å². The van der Waals surface area contributed by atoms with Gasteiger partial charge in [0.25, 0.3) is 0 Å². The standard InChI is InChI=1S/C10H14NO2S/c1-5-13-9(12)7-8(10(2,3)4)11-6-14-7/h5H2,1-4H3. The van der Waals surface area contributed by atoms with Crippen molar-refractivity contribution in [1.29, 1.82) is 0 Å². The molecule has 0 unspecified atom stereocenters. The molecule has 0 aliphatic rings. The van der Waals surface area contributed by atoms with Crippen LogP contribution in [-0.4, -0.2) is 17.6 Å². The zero-order chi connectivity index (χ0) is 10.8. The van der Waals surface area contributed by atoms with E-state index in [1.54, 1.807) is 6.92 Å². The van der Waals surface area contributed by atoms with E-state index in [1.165, 1.54) is 11.3 Å². The van der Waals surface area contributed by atoms with Crippen LogP contribution in [-0.2, 0) is 10.2 Å². The lowest BCUT2D eigenvalue weighted by molar-refractivity contribution is 0.0529. The lowest BCUT2D eigenvalue weighted by atomic mass is 9.91. The van der Waals surface area contributed by atoms with Gasteiger partial charge in [-0.3, -0.25) is 0 Å². The summed E-state index contributed by atoms with van der Waals surface area (Å²) in [5.74, 6) is -0.295. The van der Waals surface area contributed by atoms with Crippen LogP contribution in [0.1, 0.15) is 43.1 Å². The van der Waals surface area contributed by atoms with Crippen molar-refractivity contribution in [2.45, 2.75) is 33.1 Å². The van der Waals surface area contributed by atoms with Gasteiger partial charge in [-0.2, -0.15) is 0 Å². The van der Waals surface area contributed by atoms with Crippen molar-refractivity contribution in [2.75, 3.05) is 6.61 Å². The maximum Gasteiger partial charge on any atom is 0.350 e. The Morgan fingerprint density at radius 1 is 1.57 bits per heavy atom. The lowest BCUT2D eigenvalue weighted by Gasteiger charge is -2.16. The number of rotatable bonds is 2. The summed E-state index contributed by atoms with van der Waals surface area (Å²) in [6, 6.07) is 0. The molecule has 0 aliphatic heterocycles. The topological polar surface area (TPSA) is 39.2 Å². The normalized spacial score (nSPS) is 11.4. The molecule has 0 saturated heterocycles. The third-order valence-electron chi connectivity index (χ3n) is 1.69. The molecule has 1 aromatic heterocycles. The summed E-state index contributed by atoms with van der Waals surface area (Å²) in [4.78, 5) is 16.2. The number of carbonyl (C=O) groups is 1. The third kappa shape index (κ3) is 2.32. The van der Waals surface area contributed by atoms with Crippen LogP contribution < -0.4 is 0 Å². The van der Waals surface area contributed by atoms with E-state index in [9.17, 15) is 4.79 Å². The van der Waals surface area contributed by atoms with Gasteiger partial charge < -0.3 is 4.74 Å². The van der Waals surface area contributed by atoms with Crippen molar-refractivity contribution in [3.05, 3.63) is 16.1 Å². The molecule has 3 nitrogen and oxygen atoms in total. The predicted molar refractivity (Wildman–Crippen MR) is 55.6 cm³/mol. The molecule has 77 valence electrons. The first-order valence-corrected chi connectivity index (χ1v) is 5.33. The highest BCUT2D eigenvalue weighted by atomic mass is 32.1. The molecule has 0 bridgehead atoms. The Hall–Kier alpha value is -0.900. The van der Waals surface area contributed by atoms with Gasteiger partial charge in [-0.05, 0) is 6.92 Å². The van der Waals surface area contributed by atoms with E-state index >= 15 is 0 Å².